The topological polar surface area (TPSA) is 99.1 Å². The van der Waals surface area contributed by atoms with Crippen LogP contribution in [0.4, 0.5) is 18.0 Å². The van der Waals surface area contributed by atoms with E-state index in [1.54, 1.807) is 6.92 Å². The summed E-state index contributed by atoms with van der Waals surface area (Å²) >= 11 is 0. The van der Waals surface area contributed by atoms with Gasteiger partial charge in [0.25, 0.3) is 0 Å². The van der Waals surface area contributed by atoms with E-state index in [9.17, 15) is 22.8 Å². The maximum Gasteiger partial charge on any atom is 0.422 e. The number of carboxylic acids is 1. The molecule has 1 aliphatic rings. The van der Waals surface area contributed by atoms with Crippen LogP contribution in [0.5, 0.6) is 0 Å². The lowest BCUT2D eigenvalue weighted by Gasteiger charge is -2.39. The van der Waals surface area contributed by atoms with Crippen molar-refractivity contribution in [2.24, 2.45) is 0 Å². The SMILES string of the molecule is CC1COC(CO)CN1C(=O)NC(C)(C(=O)O)C(F)(F)F. The Balaban J connectivity index is 2.89. The summed E-state index contributed by atoms with van der Waals surface area (Å²) in [5.41, 5.74) is -3.39. The number of carboxylic acid groups (broad SMARTS) is 1. The van der Waals surface area contributed by atoms with E-state index < -0.39 is 42.5 Å². The van der Waals surface area contributed by atoms with Crippen LogP contribution in [0, 0.1) is 0 Å². The summed E-state index contributed by atoms with van der Waals surface area (Å²) in [4.78, 5) is 23.8. The molecule has 0 bridgehead atoms. The smallest absolute Gasteiger partial charge is 0.422 e. The fraction of sp³-hybridized carbons (Fsp3) is 0.818. The van der Waals surface area contributed by atoms with Gasteiger partial charge in [-0.2, -0.15) is 13.2 Å². The Bertz CT molecular complexity index is 417. The van der Waals surface area contributed by atoms with E-state index in [1.807, 2.05) is 0 Å². The summed E-state index contributed by atoms with van der Waals surface area (Å²) in [6.07, 6.45) is -5.87. The van der Waals surface area contributed by atoms with E-state index in [0.717, 1.165) is 4.90 Å². The van der Waals surface area contributed by atoms with E-state index >= 15 is 0 Å². The average molecular weight is 314 g/mol. The van der Waals surface area contributed by atoms with Gasteiger partial charge in [0, 0.05) is 0 Å². The molecule has 1 rings (SSSR count). The second kappa shape index (κ2) is 6.06. The zero-order valence-corrected chi connectivity index (χ0v) is 11.5. The van der Waals surface area contributed by atoms with Gasteiger partial charge in [-0.3, -0.25) is 0 Å². The predicted octanol–water partition coefficient (Wildman–Crippen LogP) is 0.183. The van der Waals surface area contributed by atoms with Crippen LogP contribution < -0.4 is 5.32 Å². The summed E-state index contributed by atoms with van der Waals surface area (Å²) in [5.74, 6) is -2.21. The van der Waals surface area contributed by atoms with E-state index in [2.05, 4.69) is 0 Å². The molecular formula is C11H17F3N2O5. The molecule has 122 valence electrons. The molecule has 3 unspecified atom stereocenters. The van der Waals surface area contributed by atoms with Gasteiger partial charge in [0.15, 0.2) is 0 Å². The Labute approximate surface area is 118 Å². The van der Waals surface area contributed by atoms with Crippen molar-refractivity contribution in [2.75, 3.05) is 19.8 Å². The van der Waals surface area contributed by atoms with Crippen LogP contribution in [0.15, 0.2) is 0 Å². The fourth-order valence-corrected chi connectivity index (χ4v) is 1.74. The van der Waals surface area contributed by atoms with Crippen molar-refractivity contribution >= 4 is 12.0 Å². The van der Waals surface area contributed by atoms with E-state index in [4.69, 9.17) is 14.9 Å². The van der Waals surface area contributed by atoms with Crippen molar-refractivity contribution < 1.29 is 37.7 Å². The Morgan fingerprint density at radius 2 is 2.00 bits per heavy atom. The highest BCUT2D eigenvalue weighted by Crippen LogP contribution is 2.30. The van der Waals surface area contributed by atoms with Crippen LogP contribution in [-0.2, 0) is 9.53 Å². The van der Waals surface area contributed by atoms with Crippen LogP contribution in [0.2, 0.25) is 0 Å². The maximum atomic E-state index is 12.8. The lowest BCUT2D eigenvalue weighted by molar-refractivity contribution is -0.204. The number of aliphatic hydroxyl groups excluding tert-OH is 1. The first kappa shape index (κ1) is 17.5. The monoisotopic (exact) mass is 314 g/mol. The van der Waals surface area contributed by atoms with Gasteiger partial charge in [-0.1, -0.05) is 0 Å². The number of amides is 2. The number of alkyl halides is 3. The molecule has 1 aliphatic heterocycles. The minimum atomic E-state index is -5.15. The summed E-state index contributed by atoms with van der Waals surface area (Å²) in [5, 5.41) is 19.2. The second-order valence-corrected chi connectivity index (χ2v) is 5.00. The Morgan fingerprint density at radius 3 is 2.43 bits per heavy atom. The fourth-order valence-electron chi connectivity index (χ4n) is 1.74. The maximum absolute atomic E-state index is 12.8. The highest BCUT2D eigenvalue weighted by Gasteiger charge is 2.59. The lowest BCUT2D eigenvalue weighted by atomic mass is 10.0. The van der Waals surface area contributed by atoms with Gasteiger partial charge in [0.05, 0.1) is 31.9 Å². The molecule has 0 aromatic carbocycles. The molecule has 7 nitrogen and oxygen atoms in total. The molecule has 3 N–H and O–H groups in total. The third kappa shape index (κ3) is 3.56. The highest BCUT2D eigenvalue weighted by molar-refractivity contribution is 5.87. The van der Waals surface area contributed by atoms with Crippen molar-refractivity contribution in [3.63, 3.8) is 0 Å². The number of halogens is 3. The van der Waals surface area contributed by atoms with Gasteiger partial charge in [0.1, 0.15) is 0 Å². The third-order valence-corrected chi connectivity index (χ3v) is 3.32. The van der Waals surface area contributed by atoms with Crippen LogP contribution in [-0.4, -0.2) is 70.7 Å². The van der Waals surface area contributed by atoms with Crippen LogP contribution in [0.3, 0.4) is 0 Å². The van der Waals surface area contributed by atoms with Crippen LogP contribution in [0.25, 0.3) is 0 Å². The molecular weight excluding hydrogens is 297 g/mol. The normalized spacial score (nSPS) is 26.1. The van der Waals surface area contributed by atoms with Crippen LogP contribution in [0.1, 0.15) is 13.8 Å². The number of aliphatic carboxylic acids is 1. The van der Waals surface area contributed by atoms with Crippen molar-refractivity contribution in [1.82, 2.24) is 10.2 Å². The van der Waals surface area contributed by atoms with Crippen molar-refractivity contribution in [1.29, 1.82) is 0 Å². The minimum Gasteiger partial charge on any atom is -0.479 e. The molecule has 10 heteroatoms. The largest absolute Gasteiger partial charge is 0.479 e. The minimum absolute atomic E-state index is 0.0362. The molecule has 1 heterocycles. The zero-order chi connectivity index (χ0) is 16.4. The van der Waals surface area contributed by atoms with Crippen molar-refractivity contribution in [2.45, 2.75) is 37.7 Å². The molecule has 2 amide bonds. The molecule has 0 radical (unpaired) electrons. The molecule has 3 atom stereocenters. The number of hydrogen-bond donors (Lipinski definition) is 3. The van der Waals surface area contributed by atoms with Crippen molar-refractivity contribution in [3.8, 4) is 0 Å². The first-order valence-corrected chi connectivity index (χ1v) is 6.14. The summed E-state index contributed by atoms with van der Waals surface area (Å²) < 4.78 is 43.7. The molecule has 0 aliphatic carbocycles. The van der Waals surface area contributed by atoms with Gasteiger partial charge < -0.3 is 25.2 Å². The highest BCUT2D eigenvalue weighted by atomic mass is 19.4. The molecule has 1 saturated heterocycles. The standard InChI is InChI=1S/C11H17F3N2O5/c1-6-5-21-7(4-17)3-16(6)9(20)15-10(2,8(18)19)11(12,13)14/h6-7,17H,3-5H2,1-2H3,(H,15,20)(H,18,19). The van der Waals surface area contributed by atoms with E-state index in [0.29, 0.717) is 6.92 Å². The van der Waals surface area contributed by atoms with Gasteiger partial charge in [-0.05, 0) is 13.8 Å². The molecule has 0 spiro atoms. The number of morpholine rings is 1. The van der Waals surface area contributed by atoms with Gasteiger partial charge >= 0.3 is 18.2 Å². The average Bonchev–Trinajstić information content (AvgIpc) is 2.37. The van der Waals surface area contributed by atoms with Gasteiger partial charge in [0.2, 0.25) is 5.54 Å². The van der Waals surface area contributed by atoms with E-state index in [-0.39, 0.29) is 13.2 Å². The van der Waals surface area contributed by atoms with Crippen molar-refractivity contribution in [3.05, 3.63) is 0 Å². The summed E-state index contributed by atoms with van der Waals surface area (Å²) in [6.45, 7) is 1.43. The molecule has 1 fully saturated rings. The van der Waals surface area contributed by atoms with Gasteiger partial charge in [-0.15, -0.1) is 0 Å². The number of nitrogens with zero attached hydrogens (tertiary/aromatic N) is 1. The first-order valence-electron chi connectivity index (χ1n) is 6.14. The van der Waals surface area contributed by atoms with Crippen LogP contribution >= 0.6 is 0 Å². The molecule has 0 saturated carbocycles. The number of urea groups is 1. The first-order chi connectivity index (χ1) is 9.52. The predicted molar refractivity (Wildman–Crippen MR) is 63.6 cm³/mol. The van der Waals surface area contributed by atoms with Gasteiger partial charge in [-0.25, -0.2) is 9.59 Å². The Hall–Kier alpha value is -1.55. The number of carbonyl (C=O) groups is 2. The summed E-state index contributed by atoms with van der Waals surface area (Å²) in [7, 11) is 0. The molecule has 21 heavy (non-hydrogen) atoms. The third-order valence-electron chi connectivity index (χ3n) is 3.32. The number of ether oxygens (including phenoxy) is 1. The number of rotatable bonds is 3. The number of carbonyl (C=O) groups excluding carboxylic acids is 1. The quantitative estimate of drug-likeness (QED) is 0.690. The number of aliphatic hydroxyl groups is 1. The molecule has 0 aromatic rings. The summed E-state index contributed by atoms with van der Waals surface area (Å²) in [6, 6.07) is -1.72. The lowest BCUT2D eigenvalue weighted by Crippen LogP contribution is -2.66. The zero-order valence-electron chi connectivity index (χ0n) is 11.5. The second-order valence-electron chi connectivity index (χ2n) is 5.00. The molecule has 0 aromatic heterocycles. The Kier molecular flexibility index (Phi) is 5.05. The Morgan fingerprint density at radius 1 is 1.43 bits per heavy atom. The van der Waals surface area contributed by atoms with E-state index in [1.165, 1.54) is 5.32 Å². The number of hydrogen-bond acceptors (Lipinski definition) is 4. The number of nitrogens with one attached hydrogen (secondary N) is 1.